The zero-order valence-electron chi connectivity index (χ0n) is 9.84. The fourth-order valence-electron chi connectivity index (χ4n) is 2.79. The van der Waals surface area contributed by atoms with E-state index in [4.69, 9.17) is 0 Å². The van der Waals surface area contributed by atoms with Crippen molar-refractivity contribution in [1.82, 2.24) is 0 Å². The van der Waals surface area contributed by atoms with Gasteiger partial charge in [0.1, 0.15) is 0 Å². The Morgan fingerprint density at radius 1 is 1.13 bits per heavy atom. The van der Waals surface area contributed by atoms with Crippen LogP contribution in [0, 0.1) is 5.92 Å². The van der Waals surface area contributed by atoms with Crippen LogP contribution in [0.3, 0.4) is 0 Å². The highest BCUT2D eigenvalue weighted by atomic mass is 14.2. The van der Waals surface area contributed by atoms with Gasteiger partial charge < -0.3 is 0 Å². The zero-order chi connectivity index (χ0) is 10.5. The van der Waals surface area contributed by atoms with E-state index in [-0.39, 0.29) is 0 Å². The average molecular weight is 202 g/mol. The van der Waals surface area contributed by atoms with Crippen LogP contribution in [0.5, 0.6) is 0 Å². The molecule has 1 fully saturated rings. The van der Waals surface area contributed by atoms with Crippen LogP contribution < -0.4 is 0 Å². The van der Waals surface area contributed by atoms with Crippen molar-refractivity contribution < 1.29 is 0 Å². The summed E-state index contributed by atoms with van der Waals surface area (Å²) < 4.78 is 0. The molecule has 0 nitrogen and oxygen atoms in total. The monoisotopic (exact) mass is 202 g/mol. The minimum atomic E-state index is 0.716. The van der Waals surface area contributed by atoms with Gasteiger partial charge in [0, 0.05) is 5.92 Å². The molecule has 2 rings (SSSR count). The van der Waals surface area contributed by atoms with Gasteiger partial charge in [-0.3, -0.25) is 0 Å². The Balaban J connectivity index is 2.16. The van der Waals surface area contributed by atoms with Crippen LogP contribution in [0.1, 0.15) is 51.9 Å². The molecule has 1 unspecified atom stereocenters. The lowest BCUT2D eigenvalue weighted by atomic mass is 9.82. The number of hydrogen-bond donors (Lipinski definition) is 0. The Bertz CT molecular complexity index is 283. The molecule has 0 aromatic heterocycles. The summed E-state index contributed by atoms with van der Waals surface area (Å²) in [5.74, 6) is 0.716. The molecule has 2 aliphatic rings. The van der Waals surface area contributed by atoms with Crippen molar-refractivity contribution >= 4 is 0 Å². The van der Waals surface area contributed by atoms with Crippen molar-refractivity contribution in [2.24, 2.45) is 5.92 Å². The van der Waals surface area contributed by atoms with Crippen LogP contribution in [0.2, 0.25) is 0 Å². The molecule has 2 aliphatic carbocycles. The Morgan fingerprint density at radius 2 is 1.93 bits per heavy atom. The lowest BCUT2D eigenvalue weighted by molar-refractivity contribution is 0.575. The van der Waals surface area contributed by atoms with E-state index in [1.54, 1.807) is 11.1 Å². The largest absolute Gasteiger partial charge is 0.0770 e. The summed E-state index contributed by atoms with van der Waals surface area (Å²) in [5.41, 5.74) is 3.40. The van der Waals surface area contributed by atoms with Crippen LogP contribution in [-0.2, 0) is 0 Å². The highest BCUT2D eigenvalue weighted by Crippen LogP contribution is 2.33. The van der Waals surface area contributed by atoms with Crippen molar-refractivity contribution in [3.05, 3.63) is 35.5 Å². The molecule has 0 aliphatic heterocycles. The maximum absolute atomic E-state index is 2.39. The summed E-state index contributed by atoms with van der Waals surface area (Å²) in [6.45, 7) is 2.29. The summed E-state index contributed by atoms with van der Waals surface area (Å²) in [6.07, 6.45) is 18.8. The first-order valence-corrected chi connectivity index (χ1v) is 6.48. The predicted molar refractivity (Wildman–Crippen MR) is 66.8 cm³/mol. The van der Waals surface area contributed by atoms with E-state index in [0.29, 0.717) is 5.92 Å². The molecule has 0 amide bonds. The summed E-state index contributed by atoms with van der Waals surface area (Å²) >= 11 is 0. The average Bonchev–Trinajstić information content (AvgIpc) is 2.31. The summed E-state index contributed by atoms with van der Waals surface area (Å²) in [5, 5.41) is 0. The van der Waals surface area contributed by atoms with Gasteiger partial charge >= 0.3 is 0 Å². The summed E-state index contributed by atoms with van der Waals surface area (Å²) in [7, 11) is 0. The number of hydrogen-bond acceptors (Lipinski definition) is 0. The van der Waals surface area contributed by atoms with Crippen molar-refractivity contribution in [3.63, 3.8) is 0 Å². The highest BCUT2D eigenvalue weighted by Gasteiger charge is 2.16. The van der Waals surface area contributed by atoms with E-state index in [0.717, 1.165) is 0 Å². The third-order valence-corrected chi connectivity index (χ3v) is 3.59. The lowest BCUT2D eigenvalue weighted by Crippen LogP contribution is -2.07. The normalized spacial score (nSPS) is 26.1. The molecular formula is C15H22. The van der Waals surface area contributed by atoms with Gasteiger partial charge in [-0.1, -0.05) is 49.6 Å². The molecule has 0 heteroatoms. The standard InChI is InChI=1S/C15H22/c1-2-8-13-11-6-7-12-15(13)14-9-4-3-5-10-14/h6-7,11-13H,2-5,8-10H2,1H3. The summed E-state index contributed by atoms with van der Waals surface area (Å²) in [4.78, 5) is 0. The van der Waals surface area contributed by atoms with Crippen LogP contribution in [-0.4, -0.2) is 0 Å². The predicted octanol–water partition coefficient (Wildman–Crippen LogP) is 4.79. The molecule has 82 valence electrons. The maximum atomic E-state index is 2.39. The fourth-order valence-corrected chi connectivity index (χ4v) is 2.79. The number of rotatable bonds is 2. The first kappa shape index (κ1) is 10.7. The van der Waals surface area contributed by atoms with Gasteiger partial charge in [0.25, 0.3) is 0 Å². The molecule has 1 atom stereocenters. The van der Waals surface area contributed by atoms with Crippen LogP contribution in [0.25, 0.3) is 0 Å². The van der Waals surface area contributed by atoms with E-state index in [9.17, 15) is 0 Å². The molecule has 0 bridgehead atoms. The molecule has 15 heavy (non-hydrogen) atoms. The Labute approximate surface area is 93.8 Å². The highest BCUT2D eigenvalue weighted by molar-refractivity contribution is 5.37. The molecule has 0 heterocycles. The van der Waals surface area contributed by atoms with Gasteiger partial charge in [0.2, 0.25) is 0 Å². The van der Waals surface area contributed by atoms with Gasteiger partial charge in [-0.2, -0.15) is 0 Å². The first-order valence-electron chi connectivity index (χ1n) is 6.48. The second-order valence-electron chi connectivity index (χ2n) is 4.76. The quantitative estimate of drug-likeness (QED) is 0.604. The third-order valence-electron chi connectivity index (χ3n) is 3.59. The Hall–Kier alpha value is -0.780. The van der Waals surface area contributed by atoms with Gasteiger partial charge in [-0.25, -0.2) is 0 Å². The second-order valence-corrected chi connectivity index (χ2v) is 4.76. The molecule has 0 aromatic rings. The summed E-state index contributed by atoms with van der Waals surface area (Å²) in [6, 6.07) is 0. The van der Waals surface area contributed by atoms with Gasteiger partial charge in [-0.05, 0) is 37.7 Å². The second kappa shape index (κ2) is 5.34. The first-order chi connectivity index (χ1) is 7.42. The SMILES string of the molecule is CCCC1C=CC=CC1=C1CCCCC1. The fraction of sp³-hybridized carbons (Fsp3) is 0.600. The van der Waals surface area contributed by atoms with Gasteiger partial charge in [0.15, 0.2) is 0 Å². The molecule has 0 spiro atoms. The molecule has 0 aromatic carbocycles. The van der Waals surface area contributed by atoms with Crippen LogP contribution in [0.4, 0.5) is 0 Å². The van der Waals surface area contributed by atoms with E-state index in [2.05, 4.69) is 31.2 Å². The van der Waals surface area contributed by atoms with E-state index < -0.39 is 0 Å². The molecule has 1 saturated carbocycles. The van der Waals surface area contributed by atoms with Crippen LogP contribution >= 0.6 is 0 Å². The van der Waals surface area contributed by atoms with E-state index in [1.165, 1.54) is 44.9 Å². The molecule has 0 N–H and O–H groups in total. The van der Waals surface area contributed by atoms with E-state index >= 15 is 0 Å². The maximum Gasteiger partial charge on any atom is 0.00205 e. The minimum absolute atomic E-state index is 0.716. The Kier molecular flexibility index (Phi) is 3.82. The van der Waals surface area contributed by atoms with E-state index in [1.807, 2.05) is 0 Å². The van der Waals surface area contributed by atoms with Crippen LogP contribution in [0.15, 0.2) is 35.5 Å². The smallest absolute Gasteiger partial charge is 0.00205 e. The van der Waals surface area contributed by atoms with Crippen molar-refractivity contribution in [3.8, 4) is 0 Å². The van der Waals surface area contributed by atoms with Gasteiger partial charge in [-0.15, -0.1) is 0 Å². The lowest BCUT2D eigenvalue weighted by Gasteiger charge is -2.23. The van der Waals surface area contributed by atoms with Crippen molar-refractivity contribution in [2.45, 2.75) is 51.9 Å². The molecule has 0 saturated heterocycles. The topological polar surface area (TPSA) is 0 Å². The Morgan fingerprint density at radius 3 is 2.67 bits per heavy atom. The number of allylic oxidation sites excluding steroid dienone is 6. The molecule has 0 radical (unpaired) electrons. The zero-order valence-corrected chi connectivity index (χ0v) is 9.84. The minimum Gasteiger partial charge on any atom is -0.0770 e. The van der Waals surface area contributed by atoms with Crippen molar-refractivity contribution in [2.75, 3.05) is 0 Å². The molecular weight excluding hydrogens is 180 g/mol. The third kappa shape index (κ3) is 2.62. The van der Waals surface area contributed by atoms with Gasteiger partial charge in [0.05, 0.1) is 0 Å². The van der Waals surface area contributed by atoms with Crippen molar-refractivity contribution in [1.29, 1.82) is 0 Å².